The first-order valence-electron chi connectivity index (χ1n) is 5.97. The average molecular weight is 250 g/mol. The first-order valence-corrected chi connectivity index (χ1v) is 5.97. The summed E-state index contributed by atoms with van der Waals surface area (Å²) in [7, 11) is 1.78. The van der Waals surface area contributed by atoms with Crippen molar-refractivity contribution < 1.29 is 4.74 Å². The van der Waals surface area contributed by atoms with Gasteiger partial charge in [-0.25, -0.2) is 4.98 Å². The molecule has 2 rings (SSSR count). The molecule has 7 heteroatoms. The van der Waals surface area contributed by atoms with Crippen LogP contribution in [0, 0.1) is 0 Å². The molecule has 2 aromatic rings. The molecule has 0 aliphatic carbocycles. The van der Waals surface area contributed by atoms with Gasteiger partial charge in [0.2, 0.25) is 5.95 Å². The lowest BCUT2D eigenvalue weighted by atomic mass is 10.3. The average Bonchev–Trinajstić information content (AvgIpc) is 2.84. The maximum atomic E-state index is 5.37. The van der Waals surface area contributed by atoms with E-state index in [1.54, 1.807) is 13.4 Å². The Morgan fingerprint density at radius 2 is 2.28 bits per heavy atom. The lowest BCUT2D eigenvalue weighted by Crippen LogP contribution is -2.22. The largest absolute Gasteiger partial charge is 0.380 e. The minimum Gasteiger partial charge on any atom is -0.380 e. The van der Waals surface area contributed by atoms with E-state index in [9.17, 15) is 0 Å². The zero-order chi connectivity index (χ0) is 13.0. The van der Waals surface area contributed by atoms with Crippen LogP contribution in [-0.4, -0.2) is 46.2 Å². The van der Waals surface area contributed by atoms with Crippen LogP contribution < -0.4 is 10.6 Å². The highest BCUT2D eigenvalue weighted by Gasteiger charge is 2.11. The maximum absolute atomic E-state index is 5.37. The Morgan fingerprint density at radius 3 is 3.00 bits per heavy atom. The Morgan fingerprint density at radius 1 is 1.44 bits per heavy atom. The molecule has 1 atom stereocenters. The van der Waals surface area contributed by atoms with Gasteiger partial charge in [0, 0.05) is 19.7 Å². The zero-order valence-corrected chi connectivity index (χ0v) is 10.8. The van der Waals surface area contributed by atoms with E-state index in [2.05, 4.69) is 30.6 Å². The van der Waals surface area contributed by atoms with Crippen molar-refractivity contribution in [1.82, 2.24) is 19.9 Å². The molecule has 98 valence electrons. The predicted octanol–water partition coefficient (Wildman–Crippen LogP) is 1.23. The zero-order valence-electron chi connectivity index (χ0n) is 10.8. The number of hydrogen-bond donors (Lipinski definition) is 3. The minimum atomic E-state index is 0.163. The highest BCUT2D eigenvalue weighted by Crippen LogP contribution is 2.19. The molecule has 2 heterocycles. The van der Waals surface area contributed by atoms with Gasteiger partial charge in [-0.1, -0.05) is 0 Å². The van der Waals surface area contributed by atoms with Crippen LogP contribution in [0.3, 0.4) is 0 Å². The number of hydrogen-bond acceptors (Lipinski definition) is 6. The molecule has 0 radical (unpaired) electrons. The number of aromatic nitrogens is 4. The van der Waals surface area contributed by atoms with Crippen molar-refractivity contribution in [2.24, 2.45) is 0 Å². The summed E-state index contributed by atoms with van der Waals surface area (Å²) in [5.41, 5.74) is 1.44. The monoisotopic (exact) mass is 250 g/mol. The molecular weight excluding hydrogens is 232 g/mol. The summed E-state index contributed by atoms with van der Waals surface area (Å²) in [5.74, 6) is 1.27. The molecule has 0 spiro atoms. The van der Waals surface area contributed by atoms with Gasteiger partial charge in [-0.2, -0.15) is 9.97 Å². The first kappa shape index (κ1) is 12.6. The number of anilines is 2. The number of fused-ring (bicyclic) bond motifs is 1. The topological polar surface area (TPSA) is 87.8 Å². The van der Waals surface area contributed by atoms with Crippen LogP contribution in [-0.2, 0) is 4.74 Å². The summed E-state index contributed by atoms with van der Waals surface area (Å²) in [5, 5.41) is 6.21. The molecule has 0 fully saturated rings. The van der Waals surface area contributed by atoms with E-state index in [1.807, 2.05) is 13.8 Å². The molecule has 0 saturated heterocycles. The van der Waals surface area contributed by atoms with E-state index in [1.165, 1.54) is 0 Å². The Bertz CT molecular complexity index is 511. The van der Waals surface area contributed by atoms with E-state index in [4.69, 9.17) is 4.74 Å². The van der Waals surface area contributed by atoms with Crippen LogP contribution in [0.4, 0.5) is 11.8 Å². The van der Waals surface area contributed by atoms with Crippen LogP contribution >= 0.6 is 0 Å². The maximum Gasteiger partial charge on any atom is 0.226 e. The number of nitrogens with one attached hydrogen (secondary N) is 3. The Balaban J connectivity index is 2.22. The smallest absolute Gasteiger partial charge is 0.226 e. The second-order valence-corrected chi connectivity index (χ2v) is 3.95. The van der Waals surface area contributed by atoms with Crippen molar-refractivity contribution in [3.05, 3.63) is 6.33 Å². The number of ether oxygens (including phenoxy) is 1. The van der Waals surface area contributed by atoms with Gasteiger partial charge in [-0.15, -0.1) is 0 Å². The van der Waals surface area contributed by atoms with Gasteiger partial charge in [-0.3, -0.25) is 0 Å². The van der Waals surface area contributed by atoms with Crippen molar-refractivity contribution in [2.75, 3.05) is 30.9 Å². The first-order chi connectivity index (χ1) is 8.74. The van der Waals surface area contributed by atoms with Crippen molar-refractivity contribution in [3.63, 3.8) is 0 Å². The summed E-state index contributed by atoms with van der Waals surface area (Å²) < 4.78 is 5.37. The fourth-order valence-corrected chi connectivity index (χ4v) is 1.62. The molecule has 2 aromatic heterocycles. The molecule has 0 aromatic carbocycles. The van der Waals surface area contributed by atoms with Gasteiger partial charge >= 0.3 is 0 Å². The highest BCUT2D eigenvalue weighted by atomic mass is 16.5. The second kappa shape index (κ2) is 5.63. The number of imidazole rings is 1. The van der Waals surface area contributed by atoms with E-state index >= 15 is 0 Å². The SMILES string of the molecule is CCOCC(C)Nc1nc(NC)nc2nc[nH]c12. The molecule has 0 saturated carbocycles. The number of rotatable bonds is 6. The third-order valence-electron chi connectivity index (χ3n) is 2.46. The van der Waals surface area contributed by atoms with Crippen LogP contribution in [0.25, 0.3) is 11.2 Å². The van der Waals surface area contributed by atoms with Crippen LogP contribution in [0.15, 0.2) is 6.33 Å². The molecule has 0 aliphatic rings. The number of nitrogens with zero attached hydrogens (tertiary/aromatic N) is 3. The second-order valence-electron chi connectivity index (χ2n) is 3.95. The lowest BCUT2D eigenvalue weighted by Gasteiger charge is -2.15. The molecule has 0 amide bonds. The van der Waals surface area contributed by atoms with Gasteiger partial charge in [0.25, 0.3) is 0 Å². The summed E-state index contributed by atoms with van der Waals surface area (Å²) in [6, 6.07) is 0.163. The lowest BCUT2D eigenvalue weighted by molar-refractivity contribution is 0.141. The van der Waals surface area contributed by atoms with Gasteiger partial charge in [0.05, 0.1) is 12.9 Å². The number of aromatic amines is 1. The normalized spacial score (nSPS) is 12.6. The van der Waals surface area contributed by atoms with Gasteiger partial charge in [0.15, 0.2) is 11.5 Å². The molecule has 18 heavy (non-hydrogen) atoms. The van der Waals surface area contributed by atoms with E-state index < -0.39 is 0 Å². The van der Waals surface area contributed by atoms with Crippen LogP contribution in [0.1, 0.15) is 13.8 Å². The third-order valence-corrected chi connectivity index (χ3v) is 2.46. The fourth-order valence-electron chi connectivity index (χ4n) is 1.62. The Hall–Kier alpha value is -1.89. The molecule has 1 unspecified atom stereocenters. The van der Waals surface area contributed by atoms with E-state index in [0.29, 0.717) is 24.8 Å². The van der Waals surface area contributed by atoms with Gasteiger partial charge in [0.1, 0.15) is 5.52 Å². The predicted molar refractivity (Wildman–Crippen MR) is 70.8 cm³/mol. The van der Waals surface area contributed by atoms with Crippen molar-refractivity contribution in [2.45, 2.75) is 19.9 Å². The van der Waals surface area contributed by atoms with Crippen LogP contribution in [0.5, 0.6) is 0 Å². The molecule has 0 aliphatic heterocycles. The standard InChI is InChI=1S/C11H18N6O/c1-4-18-5-7(2)15-10-8-9(14-6-13-8)16-11(12-3)17-10/h6-7H,4-5H2,1-3H3,(H3,12,13,14,15,16,17). The summed E-state index contributed by atoms with van der Waals surface area (Å²) in [4.78, 5) is 15.8. The van der Waals surface area contributed by atoms with E-state index in [0.717, 1.165) is 11.3 Å². The van der Waals surface area contributed by atoms with Crippen LogP contribution in [0.2, 0.25) is 0 Å². The number of H-pyrrole nitrogens is 1. The summed E-state index contributed by atoms with van der Waals surface area (Å²) >= 11 is 0. The van der Waals surface area contributed by atoms with Gasteiger partial charge < -0.3 is 20.4 Å². The third kappa shape index (κ3) is 2.67. The Kier molecular flexibility index (Phi) is 3.93. The van der Waals surface area contributed by atoms with Crippen molar-refractivity contribution in [3.8, 4) is 0 Å². The van der Waals surface area contributed by atoms with Crippen molar-refractivity contribution in [1.29, 1.82) is 0 Å². The van der Waals surface area contributed by atoms with Gasteiger partial charge in [-0.05, 0) is 13.8 Å². The molecule has 0 bridgehead atoms. The van der Waals surface area contributed by atoms with Crippen molar-refractivity contribution >= 4 is 22.9 Å². The Labute approximate surface area is 105 Å². The minimum absolute atomic E-state index is 0.163. The van der Waals surface area contributed by atoms with E-state index in [-0.39, 0.29) is 6.04 Å². The molecule has 3 N–H and O–H groups in total. The fraction of sp³-hybridized carbons (Fsp3) is 0.545. The molecular formula is C11H18N6O. The summed E-state index contributed by atoms with van der Waals surface area (Å²) in [6.45, 7) is 5.35. The molecule has 7 nitrogen and oxygen atoms in total. The highest BCUT2D eigenvalue weighted by molar-refractivity contribution is 5.83. The quantitative estimate of drug-likeness (QED) is 0.714. The summed E-state index contributed by atoms with van der Waals surface area (Å²) in [6.07, 6.45) is 1.61.